The first-order valence-electron chi connectivity index (χ1n) is 9.26. The smallest absolute Gasteiger partial charge is 0.169 e. The number of hydrogen-bond acceptors (Lipinski definition) is 2. The van der Waals surface area contributed by atoms with Crippen LogP contribution in [-0.2, 0) is 6.54 Å². The molecule has 1 aromatic rings. The minimum Gasteiger partial charge on any atom is -0.360 e. The molecule has 126 valence electrons. The summed E-state index contributed by atoms with van der Waals surface area (Å²) in [4.78, 5) is 6.82. The van der Waals surface area contributed by atoms with E-state index in [0.29, 0.717) is 6.04 Å². The van der Waals surface area contributed by atoms with Gasteiger partial charge < -0.3 is 10.2 Å². The first kappa shape index (κ1) is 16.7. The summed E-state index contributed by atoms with van der Waals surface area (Å²) in [6, 6.07) is 6.69. The van der Waals surface area contributed by atoms with Crippen molar-refractivity contribution < 1.29 is 0 Å². The van der Waals surface area contributed by atoms with Crippen LogP contribution in [0.15, 0.2) is 24.4 Å². The molecule has 2 aliphatic carbocycles. The molecule has 1 aromatic heterocycles. The van der Waals surface area contributed by atoms with Crippen LogP contribution in [0.1, 0.15) is 63.5 Å². The van der Waals surface area contributed by atoms with Crippen molar-refractivity contribution in [2.45, 2.75) is 70.4 Å². The maximum absolute atomic E-state index is 5.77. The zero-order chi connectivity index (χ0) is 15.9. The van der Waals surface area contributed by atoms with E-state index in [-0.39, 0.29) is 0 Å². The first-order valence-corrected chi connectivity index (χ1v) is 9.67. The van der Waals surface area contributed by atoms with Gasteiger partial charge in [0.25, 0.3) is 0 Å². The molecule has 4 heteroatoms. The second kappa shape index (κ2) is 8.62. The highest BCUT2D eigenvalue weighted by molar-refractivity contribution is 7.80. The zero-order valence-corrected chi connectivity index (χ0v) is 14.9. The lowest BCUT2D eigenvalue weighted by Gasteiger charge is -2.30. The van der Waals surface area contributed by atoms with Crippen molar-refractivity contribution in [3.8, 4) is 0 Å². The topological polar surface area (TPSA) is 28.2 Å². The van der Waals surface area contributed by atoms with Gasteiger partial charge in [-0.3, -0.25) is 4.98 Å². The third-order valence-electron chi connectivity index (χ3n) is 4.97. The van der Waals surface area contributed by atoms with Crippen molar-refractivity contribution in [3.63, 3.8) is 0 Å². The molecule has 0 amide bonds. The van der Waals surface area contributed by atoms with E-state index in [9.17, 15) is 0 Å². The van der Waals surface area contributed by atoms with Crippen LogP contribution in [0, 0.1) is 5.92 Å². The highest BCUT2D eigenvalue weighted by Crippen LogP contribution is 2.30. The predicted molar refractivity (Wildman–Crippen MR) is 99.2 cm³/mol. The lowest BCUT2D eigenvalue weighted by atomic mass is 9.97. The van der Waals surface area contributed by atoms with Crippen LogP contribution in [0.5, 0.6) is 0 Å². The van der Waals surface area contributed by atoms with E-state index in [1.54, 1.807) is 0 Å². The molecule has 2 aliphatic rings. The lowest BCUT2D eigenvalue weighted by Crippen LogP contribution is -2.45. The monoisotopic (exact) mass is 331 g/mol. The van der Waals surface area contributed by atoms with Crippen LogP contribution in [0.4, 0.5) is 0 Å². The number of hydrogen-bond donors (Lipinski definition) is 1. The highest BCUT2D eigenvalue weighted by atomic mass is 32.1. The normalized spacial score (nSPS) is 19.7. The molecule has 2 saturated carbocycles. The van der Waals surface area contributed by atoms with Gasteiger partial charge in [0, 0.05) is 18.8 Å². The molecule has 0 atom stereocenters. The second-order valence-electron chi connectivity index (χ2n) is 7.14. The first-order chi connectivity index (χ1) is 11.3. The maximum atomic E-state index is 5.77. The fraction of sp³-hybridized carbons (Fsp3) is 0.684. The van der Waals surface area contributed by atoms with Crippen molar-refractivity contribution in [2.75, 3.05) is 6.54 Å². The van der Waals surface area contributed by atoms with Crippen molar-refractivity contribution in [1.29, 1.82) is 0 Å². The summed E-state index contributed by atoms with van der Waals surface area (Å²) >= 11 is 5.77. The molecule has 0 bridgehead atoms. The summed E-state index contributed by atoms with van der Waals surface area (Å²) < 4.78 is 0. The van der Waals surface area contributed by atoms with E-state index in [4.69, 9.17) is 12.2 Å². The van der Waals surface area contributed by atoms with E-state index in [1.165, 1.54) is 57.8 Å². The summed E-state index contributed by atoms with van der Waals surface area (Å²) in [5.74, 6) is 0.829. The van der Waals surface area contributed by atoms with Crippen molar-refractivity contribution in [3.05, 3.63) is 30.1 Å². The molecule has 1 heterocycles. The average molecular weight is 332 g/mol. The van der Waals surface area contributed by atoms with Crippen LogP contribution in [-0.4, -0.2) is 27.6 Å². The van der Waals surface area contributed by atoms with Gasteiger partial charge in [0.1, 0.15) is 0 Å². The van der Waals surface area contributed by atoms with E-state index >= 15 is 0 Å². The summed E-state index contributed by atoms with van der Waals surface area (Å²) in [7, 11) is 0. The SMILES string of the molecule is S=C(NC1CCCCCCC1)N(Cc1ccccn1)CC1CC1. The van der Waals surface area contributed by atoms with Crippen LogP contribution < -0.4 is 5.32 Å². The van der Waals surface area contributed by atoms with Crippen molar-refractivity contribution >= 4 is 17.3 Å². The van der Waals surface area contributed by atoms with Gasteiger partial charge in [-0.2, -0.15) is 0 Å². The van der Waals surface area contributed by atoms with Gasteiger partial charge in [0.15, 0.2) is 5.11 Å². The number of nitrogens with zero attached hydrogens (tertiary/aromatic N) is 2. The Morgan fingerprint density at radius 3 is 2.48 bits per heavy atom. The Hall–Kier alpha value is -1.16. The highest BCUT2D eigenvalue weighted by Gasteiger charge is 2.26. The van der Waals surface area contributed by atoms with Gasteiger partial charge in [-0.15, -0.1) is 0 Å². The Kier molecular flexibility index (Phi) is 6.26. The fourth-order valence-corrected chi connectivity index (χ4v) is 3.69. The summed E-state index contributed by atoms with van der Waals surface area (Å²) in [6.45, 7) is 1.91. The Bertz CT molecular complexity index is 479. The van der Waals surface area contributed by atoms with Crippen LogP contribution in [0.25, 0.3) is 0 Å². The summed E-state index contributed by atoms with van der Waals surface area (Å²) in [6.07, 6.45) is 13.9. The Morgan fingerprint density at radius 1 is 1.09 bits per heavy atom. The number of nitrogens with one attached hydrogen (secondary N) is 1. The Labute approximate surface area is 145 Å². The number of thiocarbonyl (C=S) groups is 1. The predicted octanol–water partition coefficient (Wildman–Crippen LogP) is 4.28. The third-order valence-corrected chi connectivity index (χ3v) is 5.35. The average Bonchev–Trinajstić information content (AvgIpc) is 3.34. The molecule has 3 rings (SSSR count). The Morgan fingerprint density at radius 2 is 1.83 bits per heavy atom. The van der Waals surface area contributed by atoms with Crippen molar-refractivity contribution in [2.24, 2.45) is 5.92 Å². The van der Waals surface area contributed by atoms with Gasteiger partial charge in [-0.05, 0) is 56.0 Å². The zero-order valence-electron chi connectivity index (χ0n) is 14.0. The molecule has 0 unspecified atom stereocenters. The number of pyridine rings is 1. The molecule has 1 N–H and O–H groups in total. The van der Waals surface area contributed by atoms with Gasteiger partial charge in [0.05, 0.1) is 12.2 Å². The van der Waals surface area contributed by atoms with Crippen LogP contribution in [0.2, 0.25) is 0 Å². The minimum atomic E-state index is 0.563. The largest absolute Gasteiger partial charge is 0.360 e. The minimum absolute atomic E-state index is 0.563. The molecular weight excluding hydrogens is 302 g/mol. The molecule has 0 aliphatic heterocycles. The van der Waals surface area contributed by atoms with Gasteiger partial charge >= 0.3 is 0 Å². The summed E-state index contributed by atoms with van der Waals surface area (Å²) in [5, 5.41) is 4.61. The molecule has 0 spiro atoms. The molecule has 23 heavy (non-hydrogen) atoms. The second-order valence-corrected chi connectivity index (χ2v) is 7.52. The Balaban J connectivity index is 1.57. The van der Waals surface area contributed by atoms with Crippen molar-refractivity contribution in [1.82, 2.24) is 15.2 Å². The van der Waals surface area contributed by atoms with Crippen LogP contribution >= 0.6 is 12.2 Å². The number of rotatable bonds is 5. The van der Waals surface area contributed by atoms with Gasteiger partial charge in [0.2, 0.25) is 0 Å². The molecule has 3 nitrogen and oxygen atoms in total. The third kappa shape index (κ3) is 5.76. The van der Waals surface area contributed by atoms with E-state index in [1.807, 2.05) is 12.3 Å². The molecule has 2 fully saturated rings. The number of aromatic nitrogens is 1. The maximum Gasteiger partial charge on any atom is 0.169 e. The standard InChI is InChI=1S/C19H29N3S/c23-19(21-17-8-4-2-1-3-5-9-17)22(14-16-11-12-16)15-18-10-6-7-13-20-18/h6-7,10,13,16-17H,1-5,8-9,11-12,14-15H2,(H,21,23). The molecule has 0 aromatic carbocycles. The van der Waals surface area contributed by atoms with Gasteiger partial charge in [-0.25, -0.2) is 0 Å². The lowest BCUT2D eigenvalue weighted by molar-refractivity contribution is 0.361. The van der Waals surface area contributed by atoms with E-state index < -0.39 is 0 Å². The van der Waals surface area contributed by atoms with E-state index in [0.717, 1.165) is 29.8 Å². The molecular formula is C19H29N3S. The van der Waals surface area contributed by atoms with E-state index in [2.05, 4.69) is 27.3 Å². The molecule has 0 saturated heterocycles. The molecule has 0 radical (unpaired) electrons. The van der Waals surface area contributed by atoms with Gasteiger partial charge in [-0.1, -0.05) is 38.2 Å². The summed E-state index contributed by atoms with van der Waals surface area (Å²) in [5.41, 5.74) is 1.11. The van der Waals surface area contributed by atoms with Crippen LogP contribution in [0.3, 0.4) is 0 Å². The quantitative estimate of drug-likeness (QED) is 0.815. The fourth-order valence-electron chi connectivity index (χ4n) is 3.38.